The van der Waals surface area contributed by atoms with Gasteiger partial charge in [-0.2, -0.15) is 0 Å². The molecule has 30 heavy (non-hydrogen) atoms. The first-order valence-electron chi connectivity index (χ1n) is 10.5. The third kappa shape index (κ3) is 5.09. The summed E-state index contributed by atoms with van der Waals surface area (Å²) < 4.78 is 16.5. The van der Waals surface area contributed by atoms with Crippen LogP contribution in [0.1, 0.15) is 38.2 Å². The number of carbonyl (C=O) groups is 1. The van der Waals surface area contributed by atoms with E-state index in [1.807, 2.05) is 12.1 Å². The Bertz CT molecular complexity index is 757. The minimum atomic E-state index is -0.210. The first kappa shape index (κ1) is 22.5. The molecule has 2 fully saturated rings. The zero-order valence-corrected chi connectivity index (χ0v) is 19.3. The molecule has 0 unspecified atom stereocenters. The molecule has 1 aromatic carbocycles. The minimum Gasteiger partial charge on any atom is -0.493 e. The number of rotatable bonds is 8. The maximum absolute atomic E-state index is 13.1. The van der Waals surface area contributed by atoms with E-state index < -0.39 is 0 Å². The third-order valence-electron chi connectivity index (χ3n) is 5.73. The van der Waals surface area contributed by atoms with Gasteiger partial charge in [0.05, 0.1) is 27.2 Å². The lowest BCUT2D eigenvalue weighted by Crippen LogP contribution is -2.42. The second kappa shape index (κ2) is 9.73. The SMILES string of the molecule is COc1cc([C@@H]2CN(C(=S)NC(C)C)C[C@@H]2C(=O)NCC2CC2)cc(OC)c1OC. The summed E-state index contributed by atoms with van der Waals surface area (Å²) in [6, 6.07) is 4.12. The van der Waals surface area contributed by atoms with Crippen LogP contribution >= 0.6 is 12.2 Å². The molecule has 2 N–H and O–H groups in total. The zero-order chi connectivity index (χ0) is 21.8. The molecular formula is C22H33N3O4S. The highest BCUT2D eigenvalue weighted by atomic mass is 32.1. The Labute approximate surface area is 184 Å². The lowest BCUT2D eigenvalue weighted by Gasteiger charge is -2.22. The zero-order valence-electron chi connectivity index (χ0n) is 18.5. The van der Waals surface area contributed by atoms with E-state index in [1.165, 1.54) is 12.8 Å². The Balaban J connectivity index is 1.89. The summed E-state index contributed by atoms with van der Waals surface area (Å²) in [7, 11) is 4.79. The van der Waals surface area contributed by atoms with E-state index in [0.29, 0.717) is 41.4 Å². The monoisotopic (exact) mass is 435 g/mol. The van der Waals surface area contributed by atoms with Crippen molar-refractivity contribution < 1.29 is 19.0 Å². The number of hydrogen-bond donors (Lipinski definition) is 2. The van der Waals surface area contributed by atoms with Crippen LogP contribution < -0.4 is 24.8 Å². The molecule has 0 aromatic heterocycles. The van der Waals surface area contributed by atoms with Gasteiger partial charge in [0.15, 0.2) is 16.6 Å². The Morgan fingerprint density at radius 3 is 2.27 bits per heavy atom. The van der Waals surface area contributed by atoms with Crippen LogP contribution in [-0.2, 0) is 4.79 Å². The number of likely N-dealkylation sites (tertiary alicyclic amines) is 1. The molecule has 0 spiro atoms. The normalized spacial score (nSPS) is 20.8. The molecule has 166 valence electrons. The lowest BCUT2D eigenvalue weighted by molar-refractivity contribution is -0.125. The van der Waals surface area contributed by atoms with Crippen LogP contribution in [0.25, 0.3) is 0 Å². The molecule has 2 atom stereocenters. The van der Waals surface area contributed by atoms with Crippen molar-refractivity contribution in [2.75, 3.05) is 41.0 Å². The smallest absolute Gasteiger partial charge is 0.225 e. The lowest BCUT2D eigenvalue weighted by atomic mass is 9.88. The van der Waals surface area contributed by atoms with Crippen LogP contribution in [0, 0.1) is 11.8 Å². The second-order valence-electron chi connectivity index (χ2n) is 8.37. The highest BCUT2D eigenvalue weighted by molar-refractivity contribution is 7.80. The van der Waals surface area contributed by atoms with Gasteiger partial charge < -0.3 is 29.7 Å². The average molecular weight is 436 g/mol. The van der Waals surface area contributed by atoms with Gasteiger partial charge in [-0.05, 0) is 62.5 Å². The fourth-order valence-electron chi connectivity index (χ4n) is 3.92. The summed E-state index contributed by atoms with van der Waals surface area (Å²) in [6.07, 6.45) is 2.41. The van der Waals surface area contributed by atoms with Gasteiger partial charge in [0.25, 0.3) is 0 Å². The highest BCUT2D eigenvalue weighted by Crippen LogP contribution is 2.43. The largest absolute Gasteiger partial charge is 0.493 e. The van der Waals surface area contributed by atoms with Crippen molar-refractivity contribution in [3.05, 3.63) is 17.7 Å². The van der Waals surface area contributed by atoms with Gasteiger partial charge in [-0.1, -0.05) is 0 Å². The molecule has 1 saturated carbocycles. The molecule has 1 saturated heterocycles. The molecular weight excluding hydrogens is 402 g/mol. The number of amides is 1. The molecule has 1 heterocycles. The number of methoxy groups -OCH3 is 3. The van der Waals surface area contributed by atoms with Crippen LogP contribution in [0.3, 0.4) is 0 Å². The van der Waals surface area contributed by atoms with Crippen LogP contribution in [0.4, 0.5) is 0 Å². The Morgan fingerprint density at radius 1 is 1.13 bits per heavy atom. The molecule has 1 amide bonds. The quantitative estimate of drug-likeness (QED) is 0.608. The Morgan fingerprint density at radius 2 is 1.77 bits per heavy atom. The van der Waals surface area contributed by atoms with Gasteiger partial charge in [0, 0.05) is 31.6 Å². The topological polar surface area (TPSA) is 72.1 Å². The average Bonchev–Trinajstić information content (AvgIpc) is 3.45. The van der Waals surface area contributed by atoms with Crippen molar-refractivity contribution in [2.45, 2.75) is 38.6 Å². The number of thiocarbonyl (C=S) groups is 1. The van der Waals surface area contributed by atoms with Gasteiger partial charge in [-0.25, -0.2) is 0 Å². The first-order chi connectivity index (χ1) is 14.4. The number of ether oxygens (including phenoxy) is 3. The van der Waals surface area contributed by atoms with Gasteiger partial charge in [0.1, 0.15) is 0 Å². The first-order valence-corrected chi connectivity index (χ1v) is 10.9. The second-order valence-corrected chi connectivity index (χ2v) is 8.76. The maximum Gasteiger partial charge on any atom is 0.225 e. The Hall–Kier alpha value is -2.22. The molecule has 8 heteroatoms. The van der Waals surface area contributed by atoms with Crippen molar-refractivity contribution >= 4 is 23.2 Å². The summed E-state index contributed by atoms with van der Waals surface area (Å²) in [6.45, 7) is 6.10. The van der Waals surface area contributed by atoms with Gasteiger partial charge in [-0.3, -0.25) is 4.79 Å². The van der Waals surface area contributed by atoms with Gasteiger partial charge in [0.2, 0.25) is 11.7 Å². The minimum absolute atomic E-state index is 0.0372. The van der Waals surface area contributed by atoms with Crippen molar-refractivity contribution in [2.24, 2.45) is 11.8 Å². The van der Waals surface area contributed by atoms with E-state index in [1.54, 1.807) is 21.3 Å². The summed E-state index contributed by atoms with van der Waals surface area (Å²) in [5.74, 6) is 2.19. The highest BCUT2D eigenvalue weighted by Gasteiger charge is 2.40. The van der Waals surface area contributed by atoms with E-state index in [0.717, 1.165) is 12.1 Å². The maximum atomic E-state index is 13.1. The van der Waals surface area contributed by atoms with Gasteiger partial charge in [-0.15, -0.1) is 0 Å². The molecule has 1 aliphatic heterocycles. The van der Waals surface area contributed by atoms with Gasteiger partial charge >= 0.3 is 0 Å². The standard InChI is InChI=1S/C22H33N3O4S/c1-13(2)24-22(30)25-11-16(17(12-25)21(26)23-10-14-6-7-14)15-8-18(27-3)20(29-5)19(9-15)28-4/h8-9,13-14,16-17H,6-7,10-12H2,1-5H3,(H,23,26)(H,24,30)/t16-,17-/m0/s1. The number of nitrogens with one attached hydrogen (secondary N) is 2. The number of benzene rings is 1. The van der Waals surface area contributed by atoms with Crippen molar-refractivity contribution in [1.29, 1.82) is 0 Å². The summed E-state index contributed by atoms with van der Waals surface area (Å²) in [5.41, 5.74) is 0.978. The molecule has 0 radical (unpaired) electrons. The van der Waals surface area contributed by atoms with E-state index >= 15 is 0 Å². The predicted octanol–water partition coefficient (Wildman–Crippen LogP) is 2.54. The summed E-state index contributed by atoms with van der Waals surface area (Å²) >= 11 is 5.60. The van der Waals surface area contributed by atoms with E-state index in [2.05, 4.69) is 29.4 Å². The van der Waals surface area contributed by atoms with E-state index in [9.17, 15) is 4.79 Å². The van der Waals surface area contributed by atoms with E-state index in [-0.39, 0.29) is 23.8 Å². The number of hydrogen-bond acceptors (Lipinski definition) is 5. The van der Waals surface area contributed by atoms with Crippen molar-refractivity contribution in [3.63, 3.8) is 0 Å². The predicted molar refractivity (Wildman–Crippen MR) is 121 cm³/mol. The molecule has 7 nitrogen and oxygen atoms in total. The summed E-state index contributed by atoms with van der Waals surface area (Å²) in [5, 5.41) is 7.13. The number of nitrogens with zero attached hydrogens (tertiary/aromatic N) is 1. The van der Waals surface area contributed by atoms with Crippen LogP contribution in [0.15, 0.2) is 12.1 Å². The number of carbonyl (C=O) groups excluding carboxylic acids is 1. The molecule has 0 bridgehead atoms. The summed E-state index contributed by atoms with van der Waals surface area (Å²) in [4.78, 5) is 15.2. The third-order valence-corrected chi connectivity index (χ3v) is 6.11. The van der Waals surface area contributed by atoms with Crippen LogP contribution in [-0.4, -0.2) is 62.9 Å². The van der Waals surface area contributed by atoms with Crippen LogP contribution in [0.5, 0.6) is 17.2 Å². The molecule has 1 aromatic rings. The Kier molecular flexibility index (Phi) is 7.28. The van der Waals surface area contributed by atoms with Crippen molar-refractivity contribution in [3.8, 4) is 17.2 Å². The molecule has 2 aliphatic rings. The van der Waals surface area contributed by atoms with Crippen molar-refractivity contribution in [1.82, 2.24) is 15.5 Å². The molecule has 1 aliphatic carbocycles. The fourth-order valence-corrected chi connectivity index (χ4v) is 4.31. The van der Waals surface area contributed by atoms with Crippen LogP contribution in [0.2, 0.25) is 0 Å². The molecule has 3 rings (SSSR count). The van der Waals surface area contributed by atoms with E-state index in [4.69, 9.17) is 26.4 Å². The fraction of sp³-hybridized carbons (Fsp3) is 0.636.